The third kappa shape index (κ3) is 6.59. The van der Waals surface area contributed by atoms with Crippen LogP contribution in [0.1, 0.15) is 33.3 Å². The quantitative estimate of drug-likeness (QED) is 0.272. The van der Waals surface area contributed by atoms with Gasteiger partial charge in [0.15, 0.2) is 23.5 Å². The second-order valence-electron chi connectivity index (χ2n) is 8.40. The third-order valence-electron chi connectivity index (χ3n) is 5.44. The second-order valence-corrected chi connectivity index (χ2v) is 8.40. The van der Waals surface area contributed by atoms with E-state index in [-0.39, 0.29) is 17.1 Å². The molecular formula is C25H28O13. The zero-order valence-corrected chi connectivity index (χ0v) is 21.6. The highest BCUT2D eigenvalue weighted by atomic mass is 16.7. The Bertz CT molecular complexity index is 1280. The van der Waals surface area contributed by atoms with Gasteiger partial charge in [0, 0.05) is 27.7 Å². The van der Waals surface area contributed by atoms with Crippen LogP contribution >= 0.6 is 0 Å². The molecule has 13 nitrogen and oxygen atoms in total. The van der Waals surface area contributed by atoms with E-state index < -0.39 is 66.8 Å². The van der Waals surface area contributed by atoms with Gasteiger partial charge in [-0.25, -0.2) is 4.79 Å². The van der Waals surface area contributed by atoms with Gasteiger partial charge >= 0.3 is 29.5 Å². The van der Waals surface area contributed by atoms with Crippen LogP contribution < -0.4 is 15.1 Å². The number of carbonyl (C=O) groups excluding carboxylic acids is 4. The Morgan fingerprint density at radius 2 is 1.45 bits per heavy atom. The van der Waals surface area contributed by atoms with E-state index >= 15 is 0 Å². The summed E-state index contributed by atoms with van der Waals surface area (Å²) in [4.78, 5) is 59.6. The first-order valence-corrected chi connectivity index (χ1v) is 11.5. The molecule has 1 fully saturated rings. The lowest BCUT2D eigenvalue weighted by atomic mass is 9.98. The van der Waals surface area contributed by atoms with E-state index in [2.05, 4.69) is 0 Å². The number of aryl methyl sites for hydroxylation is 1. The van der Waals surface area contributed by atoms with E-state index in [0.717, 1.165) is 27.7 Å². The fraction of sp³-hybridized carbons (Fsp3) is 0.480. The van der Waals surface area contributed by atoms with Gasteiger partial charge in [0.1, 0.15) is 18.5 Å². The summed E-state index contributed by atoms with van der Waals surface area (Å²) in [7, 11) is 1.39. The molecule has 0 bridgehead atoms. The summed E-state index contributed by atoms with van der Waals surface area (Å²) in [5.41, 5.74) is 0.00282. The smallest absolute Gasteiger partial charge is 0.340 e. The Morgan fingerprint density at radius 3 is 2.03 bits per heavy atom. The van der Waals surface area contributed by atoms with Gasteiger partial charge in [-0.05, 0) is 18.6 Å². The maximum Gasteiger partial charge on any atom is 0.340 e. The summed E-state index contributed by atoms with van der Waals surface area (Å²) in [6.45, 7) is 5.84. The Labute approximate surface area is 216 Å². The van der Waals surface area contributed by atoms with Gasteiger partial charge in [-0.15, -0.1) is 0 Å². The molecule has 0 radical (unpaired) electrons. The summed E-state index contributed by atoms with van der Waals surface area (Å²) >= 11 is 0. The van der Waals surface area contributed by atoms with Crippen molar-refractivity contribution in [1.82, 2.24) is 0 Å². The molecule has 5 atom stereocenters. The van der Waals surface area contributed by atoms with Gasteiger partial charge in [0.05, 0.1) is 18.6 Å². The highest BCUT2D eigenvalue weighted by Gasteiger charge is 2.53. The molecule has 2 heterocycles. The lowest BCUT2D eigenvalue weighted by molar-refractivity contribution is -0.288. The molecule has 206 valence electrons. The fourth-order valence-corrected chi connectivity index (χ4v) is 4.04. The first-order valence-electron chi connectivity index (χ1n) is 11.5. The lowest BCUT2D eigenvalue weighted by Gasteiger charge is -2.43. The summed E-state index contributed by atoms with van der Waals surface area (Å²) in [6, 6.07) is 4.34. The van der Waals surface area contributed by atoms with Gasteiger partial charge in [-0.2, -0.15) is 0 Å². The van der Waals surface area contributed by atoms with Crippen molar-refractivity contribution in [3.63, 3.8) is 0 Å². The predicted molar refractivity (Wildman–Crippen MR) is 126 cm³/mol. The zero-order chi connectivity index (χ0) is 28.1. The summed E-state index contributed by atoms with van der Waals surface area (Å²) in [5, 5.41) is 0.440. The summed E-state index contributed by atoms with van der Waals surface area (Å²) in [5.74, 6) is -2.75. The van der Waals surface area contributed by atoms with Crippen LogP contribution in [0, 0.1) is 6.92 Å². The molecule has 0 N–H and O–H groups in total. The maximum absolute atomic E-state index is 12.2. The summed E-state index contributed by atoms with van der Waals surface area (Å²) < 4.78 is 43.9. The first-order chi connectivity index (χ1) is 17.9. The molecule has 0 saturated carbocycles. The van der Waals surface area contributed by atoms with Gasteiger partial charge in [-0.1, -0.05) is 6.07 Å². The standard InChI is InChI=1S/C25H28O13/c1-11-7-8-16(21-20(11)17(31-6)9-19(30)38-21)36-25-24(35-15(5)29)23(34-14(4)28)22(33-13(3)27)18(37-25)10-32-12(2)26/h7-9,18,22-25H,10H2,1-6H3/t18-,22-,23+,24-,25-/m1/s1. The van der Waals surface area contributed by atoms with Crippen LogP contribution in [0.2, 0.25) is 0 Å². The molecule has 0 aliphatic carbocycles. The van der Waals surface area contributed by atoms with Gasteiger partial charge in [0.25, 0.3) is 0 Å². The van der Waals surface area contributed by atoms with Crippen molar-refractivity contribution in [2.75, 3.05) is 13.7 Å². The van der Waals surface area contributed by atoms with Crippen molar-refractivity contribution in [1.29, 1.82) is 0 Å². The fourth-order valence-electron chi connectivity index (χ4n) is 4.04. The lowest BCUT2D eigenvalue weighted by Crippen LogP contribution is -2.63. The molecule has 0 amide bonds. The van der Waals surface area contributed by atoms with Crippen molar-refractivity contribution in [3.8, 4) is 11.5 Å². The van der Waals surface area contributed by atoms with E-state index in [0.29, 0.717) is 10.9 Å². The second kappa shape index (κ2) is 11.9. The van der Waals surface area contributed by atoms with Crippen LogP contribution in [0.15, 0.2) is 27.4 Å². The maximum atomic E-state index is 12.2. The van der Waals surface area contributed by atoms with Crippen LogP contribution in [0.4, 0.5) is 0 Å². The predicted octanol–water partition coefficient (Wildman–Crippen LogP) is 1.57. The Morgan fingerprint density at radius 1 is 0.842 bits per heavy atom. The molecule has 0 spiro atoms. The number of esters is 4. The average molecular weight is 536 g/mol. The number of ether oxygens (including phenoxy) is 7. The third-order valence-corrected chi connectivity index (χ3v) is 5.44. The molecule has 38 heavy (non-hydrogen) atoms. The molecular weight excluding hydrogens is 508 g/mol. The highest BCUT2D eigenvalue weighted by molar-refractivity contribution is 5.90. The molecule has 2 aromatic rings. The Hall–Kier alpha value is -4.13. The number of rotatable bonds is 8. The minimum absolute atomic E-state index is 0.00231. The number of hydrogen-bond donors (Lipinski definition) is 0. The number of carbonyl (C=O) groups is 4. The number of benzene rings is 1. The van der Waals surface area contributed by atoms with E-state index in [9.17, 15) is 24.0 Å². The number of methoxy groups -OCH3 is 1. The largest absolute Gasteiger partial charge is 0.496 e. The molecule has 1 saturated heterocycles. The van der Waals surface area contributed by atoms with Crippen molar-refractivity contribution < 1.29 is 56.8 Å². The minimum atomic E-state index is -1.50. The highest BCUT2D eigenvalue weighted by Crippen LogP contribution is 2.36. The molecule has 0 unspecified atom stereocenters. The first kappa shape index (κ1) is 28.4. The Balaban J connectivity index is 2.13. The van der Waals surface area contributed by atoms with Gasteiger partial charge in [-0.3, -0.25) is 19.2 Å². The van der Waals surface area contributed by atoms with Crippen LogP contribution in [0.3, 0.4) is 0 Å². The average Bonchev–Trinajstić information content (AvgIpc) is 2.81. The zero-order valence-electron chi connectivity index (χ0n) is 21.6. The topological polar surface area (TPSA) is 163 Å². The van der Waals surface area contributed by atoms with Crippen LogP contribution in [-0.2, 0) is 42.9 Å². The summed E-state index contributed by atoms with van der Waals surface area (Å²) in [6.07, 6.45) is -6.92. The van der Waals surface area contributed by atoms with Crippen molar-refractivity contribution >= 4 is 34.8 Å². The van der Waals surface area contributed by atoms with Crippen LogP contribution in [-0.4, -0.2) is 68.3 Å². The normalized spacial score (nSPS) is 22.7. The number of hydrogen-bond acceptors (Lipinski definition) is 13. The van der Waals surface area contributed by atoms with Crippen molar-refractivity contribution in [3.05, 3.63) is 34.2 Å². The van der Waals surface area contributed by atoms with Crippen molar-refractivity contribution in [2.45, 2.75) is 65.3 Å². The molecule has 1 aliphatic heterocycles. The van der Waals surface area contributed by atoms with Crippen LogP contribution in [0.25, 0.3) is 11.0 Å². The van der Waals surface area contributed by atoms with Crippen molar-refractivity contribution in [2.24, 2.45) is 0 Å². The molecule has 1 aliphatic rings. The van der Waals surface area contributed by atoms with E-state index in [1.165, 1.54) is 19.2 Å². The molecule has 13 heteroatoms. The number of fused-ring (bicyclic) bond motifs is 1. The Kier molecular flexibility index (Phi) is 8.94. The van der Waals surface area contributed by atoms with E-state index in [1.807, 2.05) is 0 Å². The monoisotopic (exact) mass is 536 g/mol. The van der Waals surface area contributed by atoms with E-state index in [1.54, 1.807) is 13.0 Å². The van der Waals surface area contributed by atoms with Gasteiger partial charge < -0.3 is 37.6 Å². The molecule has 1 aromatic heterocycles. The SMILES string of the molecule is COc1cc(=O)oc2c(O[C@@H]3O[C@H](COC(C)=O)[C@@H](OC(C)=O)[C@H](OC(C)=O)[C@H]3OC(C)=O)ccc(C)c12. The van der Waals surface area contributed by atoms with Gasteiger partial charge in [0.2, 0.25) is 12.4 Å². The van der Waals surface area contributed by atoms with E-state index in [4.69, 9.17) is 37.6 Å². The molecule has 3 rings (SSSR count). The van der Waals surface area contributed by atoms with Crippen LogP contribution in [0.5, 0.6) is 11.5 Å². The minimum Gasteiger partial charge on any atom is -0.496 e. The molecule has 1 aromatic carbocycles.